The van der Waals surface area contributed by atoms with Gasteiger partial charge in [0.1, 0.15) is 5.75 Å². The van der Waals surface area contributed by atoms with Crippen molar-refractivity contribution >= 4 is 35.8 Å². The van der Waals surface area contributed by atoms with E-state index in [-0.39, 0.29) is 0 Å². The van der Waals surface area contributed by atoms with E-state index >= 15 is 0 Å². The summed E-state index contributed by atoms with van der Waals surface area (Å²) in [5.74, 6) is 0.584. The quantitative estimate of drug-likeness (QED) is 0.698. The SMILES string of the molecule is COc1ccc(Cl)c(S)c1Cl. The van der Waals surface area contributed by atoms with E-state index in [4.69, 9.17) is 27.9 Å². The second-order valence-electron chi connectivity index (χ2n) is 1.91. The summed E-state index contributed by atoms with van der Waals surface area (Å²) in [6.45, 7) is 0. The van der Waals surface area contributed by atoms with Crippen LogP contribution in [0.15, 0.2) is 17.0 Å². The zero-order valence-corrected chi connectivity index (χ0v) is 8.17. The lowest BCUT2D eigenvalue weighted by Crippen LogP contribution is -1.84. The molecule has 1 aromatic carbocycles. The molecule has 11 heavy (non-hydrogen) atoms. The fraction of sp³-hybridized carbons (Fsp3) is 0.143. The van der Waals surface area contributed by atoms with Crippen LogP contribution in [0.25, 0.3) is 0 Å². The van der Waals surface area contributed by atoms with Crippen LogP contribution in [-0.4, -0.2) is 7.11 Å². The number of halogens is 2. The topological polar surface area (TPSA) is 9.23 Å². The molecule has 0 N–H and O–H groups in total. The van der Waals surface area contributed by atoms with Crippen LogP contribution in [0.4, 0.5) is 0 Å². The fourth-order valence-corrected chi connectivity index (χ4v) is 1.31. The lowest BCUT2D eigenvalue weighted by atomic mass is 10.3. The highest BCUT2D eigenvalue weighted by atomic mass is 35.5. The molecule has 0 bridgehead atoms. The highest BCUT2D eigenvalue weighted by Crippen LogP contribution is 2.35. The van der Waals surface area contributed by atoms with Crippen molar-refractivity contribution in [3.8, 4) is 5.75 Å². The highest BCUT2D eigenvalue weighted by molar-refractivity contribution is 7.80. The van der Waals surface area contributed by atoms with Gasteiger partial charge in [-0.2, -0.15) is 0 Å². The molecule has 0 aliphatic heterocycles. The normalized spacial score (nSPS) is 9.82. The van der Waals surface area contributed by atoms with E-state index < -0.39 is 0 Å². The van der Waals surface area contributed by atoms with Crippen molar-refractivity contribution < 1.29 is 4.74 Å². The van der Waals surface area contributed by atoms with E-state index in [1.807, 2.05) is 0 Å². The van der Waals surface area contributed by atoms with Gasteiger partial charge in [-0.1, -0.05) is 23.2 Å². The number of benzene rings is 1. The summed E-state index contributed by atoms with van der Waals surface area (Å²) in [5.41, 5.74) is 0. The van der Waals surface area contributed by atoms with Gasteiger partial charge in [-0.25, -0.2) is 0 Å². The molecule has 4 heteroatoms. The number of rotatable bonds is 1. The molecular weight excluding hydrogens is 203 g/mol. The van der Waals surface area contributed by atoms with Gasteiger partial charge in [-0.15, -0.1) is 12.6 Å². The van der Waals surface area contributed by atoms with E-state index in [0.29, 0.717) is 20.7 Å². The third-order valence-corrected chi connectivity index (χ3v) is 2.67. The van der Waals surface area contributed by atoms with Gasteiger partial charge in [-0.3, -0.25) is 0 Å². The average Bonchev–Trinajstić information content (AvgIpc) is 2.01. The first-order valence-electron chi connectivity index (χ1n) is 2.87. The Morgan fingerprint density at radius 1 is 1.36 bits per heavy atom. The first kappa shape index (κ1) is 9.04. The predicted octanol–water partition coefficient (Wildman–Crippen LogP) is 3.29. The Kier molecular flexibility index (Phi) is 2.93. The van der Waals surface area contributed by atoms with Crippen LogP contribution >= 0.6 is 35.8 Å². The summed E-state index contributed by atoms with van der Waals surface area (Å²) in [5, 5.41) is 0.975. The summed E-state index contributed by atoms with van der Waals surface area (Å²) in [6, 6.07) is 3.39. The zero-order valence-electron chi connectivity index (χ0n) is 5.77. The molecule has 0 saturated heterocycles. The standard InChI is InChI=1S/C7H6Cl2OS/c1-10-5-3-2-4(8)7(11)6(5)9/h2-3,11H,1H3. The number of hydrogen-bond acceptors (Lipinski definition) is 2. The average molecular weight is 209 g/mol. The largest absolute Gasteiger partial charge is 0.495 e. The van der Waals surface area contributed by atoms with Gasteiger partial charge in [0, 0.05) is 4.90 Å². The molecule has 0 unspecified atom stereocenters. The minimum Gasteiger partial charge on any atom is -0.495 e. The first-order chi connectivity index (χ1) is 5.16. The molecule has 0 aliphatic rings. The van der Waals surface area contributed by atoms with Gasteiger partial charge in [0.05, 0.1) is 17.2 Å². The molecule has 0 radical (unpaired) electrons. The molecule has 1 aromatic rings. The Labute approximate surface area is 80.7 Å². The fourth-order valence-electron chi connectivity index (χ4n) is 0.680. The highest BCUT2D eigenvalue weighted by Gasteiger charge is 2.06. The van der Waals surface area contributed by atoms with Crippen LogP contribution in [0.1, 0.15) is 0 Å². The van der Waals surface area contributed by atoms with Crippen LogP contribution in [0.3, 0.4) is 0 Å². The van der Waals surface area contributed by atoms with Crippen LogP contribution in [0, 0.1) is 0 Å². The molecule has 0 atom stereocenters. The van der Waals surface area contributed by atoms with Crippen LogP contribution in [-0.2, 0) is 0 Å². The maximum absolute atomic E-state index is 5.81. The monoisotopic (exact) mass is 208 g/mol. The third kappa shape index (κ3) is 1.75. The molecule has 0 fully saturated rings. The van der Waals surface area contributed by atoms with Crippen molar-refractivity contribution in [3.05, 3.63) is 22.2 Å². The summed E-state index contributed by atoms with van der Waals surface area (Å²) >= 11 is 15.6. The van der Waals surface area contributed by atoms with Crippen LogP contribution in [0.5, 0.6) is 5.75 Å². The molecule has 0 saturated carbocycles. The molecule has 1 rings (SSSR count). The van der Waals surface area contributed by atoms with Gasteiger partial charge in [0.15, 0.2) is 0 Å². The van der Waals surface area contributed by atoms with E-state index in [1.54, 1.807) is 19.2 Å². The summed E-state index contributed by atoms with van der Waals surface area (Å²) in [6.07, 6.45) is 0. The molecule has 0 aromatic heterocycles. The molecule has 60 valence electrons. The van der Waals surface area contributed by atoms with Crippen LogP contribution in [0.2, 0.25) is 10.0 Å². The summed E-state index contributed by atoms with van der Waals surface area (Å²) < 4.78 is 4.94. The molecule has 0 aliphatic carbocycles. The minimum absolute atomic E-state index is 0.448. The van der Waals surface area contributed by atoms with Gasteiger partial charge in [0.25, 0.3) is 0 Å². The van der Waals surface area contributed by atoms with Gasteiger partial charge < -0.3 is 4.74 Å². The van der Waals surface area contributed by atoms with Crippen molar-refractivity contribution in [2.45, 2.75) is 4.90 Å². The van der Waals surface area contributed by atoms with Crippen molar-refractivity contribution in [3.63, 3.8) is 0 Å². The van der Waals surface area contributed by atoms with E-state index in [0.717, 1.165) is 0 Å². The van der Waals surface area contributed by atoms with Crippen molar-refractivity contribution in [2.24, 2.45) is 0 Å². The van der Waals surface area contributed by atoms with Crippen molar-refractivity contribution in [1.82, 2.24) is 0 Å². The molecule has 0 spiro atoms. The van der Waals surface area contributed by atoms with Gasteiger partial charge in [0.2, 0.25) is 0 Å². The van der Waals surface area contributed by atoms with Crippen molar-refractivity contribution in [1.29, 1.82) is 0 Å². The number of ether oxygens (including phenoxy) is 1. The lowest BCUT2D eigenvalue weighted by Gasteiger charge is -2.05. The van der Waals surface area contributed by atoms with E-state index in [1.165, 1.54) is 0 Å². The zero-order chi connectivity index (χ0) is 8.43. The maximum Gasteiger partial charge on any atom is 0.138 e. The predicted molar refractivity (Wildman–Crippen MR) is 50.3 cm³/mol. The maximum atomic E-state index is 5.81. The molecule has 0 heterocycles. The Morgan fingerprint density at radius 3 is 2.55 bits per heavy atom. The van der Waals surface area contributed by atoms with Gasteiger partial charge >= 0.3 is 0 Å². The Morgan fingerprint density at radius 2 is 2.00 bits per heavy atom. The summed E-state index contributed by atoms with van der Waals surface area (Å²) in [4.78, 5) is 0.549. The molecular formula is C7H6Cl2OS. The first-order valence-corrected chi connectivity index (χ1v) is 4.08. The Balaban J connectivity index is 3.25. The summed E-state index contributed by atoms with van der Waals surface area (Å²) in [7, 11) is 1.54. The van der Waals surface area contributed by atoms with E-state index in [2.05, 4.69) is 12.6 Å². The van der Waals surface area contributed by atoms with Crippen LogP contribution < -0.4 is 4.74 Å². The number of methoxy groups -OCH3 is 1. The lowest BCUT2D eigenvalue weighted by molar-refractivity contribution is 0.414. The minimum atomic E-state index is 0.448. The number of hydrogen-bond donors (Lipinski definition) is 1. The van der Waals surface area contributed by atoms with Gasteiger partial charge in [-0.05, 0) is 12.1 Å². The Bertz CT molecular complexity index is 275. The molecule has 1 nitrogen and oxygen atoms in total. The van der Waals surface area contributed by atoms with E-state index in [9.17, 15) is 0 Å². The molecule has 0 amide bonds. The Hall–Kier alpha value is -0.0500. The van der Waals surface area contributed by atoms with Crippen molar-refractivity contribution in [2.75, 3.05) is 7.11 Å². The smallest absolute Gasteiger partial charge is 0.138 e. The number of thiol groups is 1. The second-order valence-corrected chi connectivity index (χ2v) is 3.14. The second kappa shape index (κ2) is 3.57. The third-order valence-electron chi connectivity index (χ3n) is 1.25.